The van der Waals surface area contributed by atoms with Gasteiger partial charge in [0.1, 0.15) is 11.8 Å². The highest BCUT2D eigenvalue weighted by Crippen LogP contribution is 2.27. The lowest BCUT2D eigenvalue weighted by molar-refractivity contribution is 0.0565. The van der Waals surface area contributed by atoms with Crippen molar-refractivity contribution in [2.75, 3.05) is 13.7 Å². The lowest BCUT2D eigenvalue weighted by Crippen LogP contribution is -2.28. The van der Waals surface area contributed by atoms with E-state index in [2.05, 4.69) is 5.10 Å². The number of ether oxygens (including phenoxy) is 2. The van der Waals surface area contributed by atoms with Crippen LogP contribution in [-0.4, -0.2) is 35.4 Å². The molecule has 2 atom stereocenters. The van der Waals surface area contributed by atoms with Gasteiger partial charge in [0.2, 0.25) is 5.78 Å². The van der Waals surface area contributed by atoms with Crippen LogP contribution >= 0.6 is 0 Å². The van der Waals surface area contributed by atoms with Gasteiger partial charge >= 0.3 is 0 Å². The van der Waals surface area contributed by atoms with Gasteiger partial charge in [0.25, 0.3) is 0 Å². The van der Waals surface area contributed by atoms with E-state index in [1.54, 1.807) is 18.0 Å². The molecule has 0 amide bonds. The van der Waals surface area contributed by atoms with Crippen LogP contribution < -0.4 is 4.74 Å². The minimum Gasteiger partial charge on any atom is -0.493 e. The van der Waals surface area contributed by atoms with E-state index in [9.17, 15) is 4.79 Å². The predicted molar refractivity (Wildman–Crippen MR) is 62.3 cm³/mol. The zero-order valence-electron chi connectivity index (χ0n) is 10.5. The van der Waals surface area contributed by atoms with Crippen LogP contribution in [0.5, 0.6) is 5.75 Å². The van der Waals surface area contributed by atoms with Gasteiger partial charge < -0.3 is 9.47 Å². The van der Waals surface area contributed by atoms with Gasteiger partial charge in [-0.1, -0.05) is 6.92 Å². The number of ketones is 1. The second-order valence-corrected chi connectivity index (χ2v) is 4.30. The van der Waals surface area contributed by atoms with Crippen LogP contribution in [0, 0.1) is 5.92 Å². The highest BCUT2D eigenvalue weighted by molar-refractivity contribution is 6.00. The fraction of sp³-hybridized carbons (Fsp3) is 0.667. The molecular formula is C12H18N2O3. The second kappa shape index (κ2) is 4.87. The summed E-state index contributed by atoms with van der Waals surface area (Å²) in [6, 6.07) is 0. The van der Waals surface area contributed by atoms with E-state index in [0.29, 0.717) is 24.6 Å². The van der Waals surface area contributed by atoms with Crippen LogP contribution in [-0.2, 0) is 11.3 Å². The van der Waals surface area contributed by atoms with E-state index in [-0.39, 0.29) is 17.8 Å². The third-order valence-corrected chi connectivity index (χ3v) is 3.20. The number of carbonyl (C=O) groups is 1. The van der Waals surface area contributed by atoms with E-state index in [0.717, 1.165) is 6.42 Å². The SMILES string of the molecule is CCn1ncc(OC)c1C(=O)C1OCCC1C. The van der Waals surface area contributed by atoms with Gasteiger partial charge in [0, 0.05) is 13.2 Å². The molecule has 2 rings (SSSR count). The Morgan fingerprint density at radius 3 is 3.00 bits per heavy atom. The van der Waals surface area contributed by atoms with Crippen molar-refractivity contribution >= 4 is 5.78 Å². The lowest BCUT2D eigenvalue weighted by Gasteiger charge is -2.14. The molecule has 0 N–H and O–H groups in total. The number of carbonyl (C=O) groups excluding carboxylic acids is 1. The third-order valence-electron chi connectivity index (χ3n) is 3.20. The molecule has 5 nitrogen and oxygen atoms in total. The fourth-order valence-electron chi connectivity index (χ4n) is 2.17. The predicted octanol–water partition coefficient (Wildman–Crippen LogP) is 1.52. The Kier molecular flexibility index (Phi) is 3.47. The van der Waals surface area contributed by atoms with E-state index >= 15 is 0 Å². The normalized spacial score (nSPS) is 23.9. The summed E-state index contributed by atoms with van der Waals surface area (Å²) in [5, 5.41) is 4.14. The summed E-state index contributed by atoms with van der Waals surface area (Å²) in [4.78, 5) is 12.4. The summed E-state index contributed by atoms with van der Waals surface area (Å²) in [5.74, 6) is 0.762. The number of hydrogen-bond donors (Lipinski definition) is 0. The smallest absolute Gasteiger partial charge is 0.213 e. The minimum absolute atomic E-state index is 0.0220. The monoisotopic (exact) mass is 238 g/mol. The van der Waals surface area contributed by atoms with Crippen molar-refractivity contribution in [1.82, 2.24) is 9.78 Å². The minimum atomic E-state index is -0.356. The maximum atomic E-state index is 12.4. The van der Waals surface area contributed by atoms with E-state index in [1.807, 2.05) is 13.8 Å². The molecule has 0 saturated carbocycles. The number of rotatable bonds is 4. The molecular weight excluding hydrogens is 220 g/mol. The van der Waals surface area contributed by atoms with Gasteiger partial charge in [0.05, 0.1) is 13.3 Å². The maximum Gasteiger partial charge on any atom is 0.213 e. The van der Waals surface area contributed by atoms with Crippen LogP contribution in [0.15, 0.2) is 6.20 Å². The Morgan fingerprint density at radius 1 is 1.71 bits per heavy atom. The molecule has 1 fully saturated rings. The van der Waals surface area contributed by atoms with E-state index in [4.69, 9.17) is 9.47 Å². The topological polar surface area (TPSA) is 53.4 Å². The van der Waals surface area contributed by atoms with Crippen molar-refractivity contribution in [1.29, 1.82) is 0 Å². The molecule has 1 aromatic rings. The van der Waals surface area contributed by atoms with Gasteiger partial charge in [-0.3, -0.25) is 9.48 Å². The van der Waals surface area contributed by atoms with Crippen molar-refractivity contribution in [3.05, 3.63) is 11.9 Å². The van der Waals surface area contributed by atoms with Crippen molar-refractivity contribution < 1.29 is 14.3 Å². The fourth-order valence-corrected chi connectivity index (χ4v) is 2.17. The Hall–Kier alpha value is -1.36. The molecule has 2 heterocycles. The average molecular weight is 238 g/mol. The molecule has 0 spiro atoms. The Bertz CT molecular complexity index is 392. The van der Waals surface area contributed by atoms with E-state index in [1.165, 1.54) is 0 Å². The van der Waals surface area contributed by atoms with Gasteiger partial charge in [-0.05, 0) is 19.3 Å². The lowest BCUT2D eigenvalue weighted by atomic mass is 9.98. The van der Waals surface area contributed by atoms with Gasteiger partial charge in [-0.15, -0.1) is 0 Å². The molecule has 0 aliphatic carbocycles. The summed E-state index contributed by atoms with van der Waals surface area (Å²) in [7, 11) is 1.55. The first-order valence-corrected chi connectivity index (χ1v) is 5.94. The first kappa shape index (κ1) is 12.1. The van der Waals surface area contributed by atoms with Gasteiger partial charge in [0.15, 0.2) is 5.75 Å². The Balaban J connectivity index is 2.32. The number of hydrogen-bond acceptors (Lipinski definition) is 4. The molecule has 94 valence electrons. The Labute approximate surface area is 101 Å². The van der Waals surface area contributed by atoms with Crippen LogP contribution in [0.3, 0.4) is 0 Å². The largest absolute Gasteiger partial charge is 0.493 e. The molecule has 1 aromatic heterocycles. The van der Waals surface area contributed by atoms with Crippen molar-refractivity contribution in [3.63, 3.8) is 0 Å². The highest BCUT2D eigenvalue weighted by Gasteiger charge is 2.35. The second-order valence-electron chi connectivity index (χ2n) is 4.30. The van der Waals surface area contributed by atoms with Crippen molar-refractivity contribution in [3.8, 4) is 5.75 Å². The molecule has 2 unspecified atom stereocenters. The summed E-state index contributed by atoms with van der Waals surface area (Å²) >= 11 is 0. The first-order chi connectivity index (χ1) is 8.19. The van der Waals surface area contributed by atoms with Crippen LogP contribution in [0.2, 0.25) is 0 Å². The Morgan fingerprint density at radius 2 is 2.47 bits per heavy atom. The average Bonchev–Trinajstić information content (AvgIpc) is 2.93. The summed E-state index contributed by atoms with van der Waals surface area (Å²) in [6.07, 6.45) is 2.15. The number of aromatic nitrogens is 2. The molecule has 0 radical (unpaired) electrons. The molecule has 5 heteroatoms. The first-order valence-electron chi connectivity index (χ1n) is 5.94. The molecule has 1 aliphatic heterocycles. The standard InChI is InChI=1S/C12H18N2O3/c1-4-14-10(9(16-3)7-13-14)11(15)12-8(2)5-6-17-12/h7-8,12H,4-6H2,1-3H3. The number of aryl methyl sites for hydroxylation is 1. The zero-order valence-corrected chi connectivity index (χ0v) is 10.5. The number of nitrogens with zero attached hydrogens (tertiary/aromatic N) is 2. The molecule has 1 aliphatic rings. The van der Waals surface area contributed by atoms with Gasteiger partial charge in [-0.2, -0.15) is 5.10 Å². The molecule has 0 aromatic carbocycles. The van der Waals surface area contributed by atoms with Crippen LogP contribution in [0.4, 0.5) is 0 Å². The summed E-state index contributed by atoms with van der Waals surface area (Å²) < 4.78 is 12.3. The van der Waals surface area contributed by atoms with Crippen LogP contribution in [0.25, 0.3) is 0 Å². The molecule has 0 bridgehead atoms. The van der Waals surface area contributed by atoms with Crippen LogP contribution in [0.1, 0.15) is 30.8 Å². The summed E-state index contributed by atoms with van der Waals surface area (Å²) in [5.41, 5.74) is 0.522. The number of Topliss-reactive ketones (excluding diaryl/α,β-unsaturated/α-hetero) is 1. The quantitative estimate of drug-likeness (QED) is 0.746. The van der Waals surface area contributed by atoms with Crippen molar-refractivity contribution in [2.45, 2.75) is 32.9 Å². The van der Waals surface area contributed by atoms with Crippen molar-refractivity contribution in [2.24, 2.45) is 5.92 Å². The number of methoxy groups -OCH3 is 1. The van der Waals surface area contributed by atoms with E-state index < -0.39 is 0 Å². The highest BCUT2D eigenvalue weighted by atomic mass is 16.5. The maximum absolute atomic E-state index is 12.4. The zero-order chi connectivity index (χ0) is 12.4. The molecule has 1 saturated heterocycles. The third kappa shape index (κ3) is 2.07. The summed E-state index contributed by atoms with van der Waals surface area (Å²) in [6.45, 7) is 5.28. The van der Waals surface area contributed by atoms with Gasteiger partial charge in [-0.25, -0.2) is 0 Å². The molecule has 17 heavy (non-hydrogen) atoms.